The summed E-state index contributed by atoms with van der Waals surface area (Å²) in [5.41, 5.74) is 1.30. The molecule has 0 aliphatic heterocycles. The van der Waals surface area contributed by atoms with Gasteiger partial charge in [0.2, 0.25) is 0 Å². The molecule has 0 aliphatic rings. The number of amides is 1. The van der Waals surface area contributed by atoms with Crippen molar-refractivity contribution < 1.29 is 14.6 Å². The molecule has 0 bridgehead atoms. The third kappa shape index (κ3) is 4.44. The Bertz CT molecular complexity index is 602. The number of aromatic nitrogens is 1. The van der Waals surface area contributed by atoms with Crippen LogP contribution in [0.3, 0.4) is 0 Å². The summed E-state index contributed by atoms with van der Waals surface area (Å²) in [7, 11) is 0. The maximum atomic E-state index is 11.7. The summed E-state index contributed by atoms with van der Waals surface area (Å²) in [5.74, 6) is 0.402. The number of aliphatic hydroxyl groups is 1. The first-order valence-electron chi connectivity index (χ1n) is 6.42. The molecule has 1 heterocycles. The Kier molecular flexibility index (Phi) is 5.54. The van der Waals surface area contributed by atoms with E-state index in [-0.39, 0.29) is 19.1 Å². The molecule has 2 N–H and O–H groups in total. The summed E-state index contributed by atoms with van der Waals surface area (Å²) in [4.78, 5) is 15.6. The van der Waals surface area contributed by atoms with Gasteiger partial charge in [-0.25, -0.2) is 4.98 Å². The summed E-state index contributed by atoms with van der Waals surface area (Å²) in [5, 5.41) is 11.6. The minimum Gasteiger partial charge on any atom is -0.489 e. The van der Waals surface area contributed by atoms with Crippen LogP contribution in [-0.4, -0.2) is 29.1 Å². The minimum atomic E-state index is -0.231. The Labute approximate surface area is 127 Å². The molecule has 0 saturated carbocycles. The van der Waals surface area contributed by atoms with Gasteiger partial charge in [-0.15, -0.1) is 0 Å². The average Bonchev–Trinajstić information content (AvgIpc) is 2.52. The van der Waals surface area contributed by atoms with Crippen molar-refractivity contribution in [1.29, 1.82) is 0 Å². The molecule has 1 aromatic carbocycles. The van der Waals surface area contributed by atoms with Crippen molar-refractivity contribution in [3.05, 3.63) is 58.9 Å². The Morgan fingerprint density at radius 2 is 2.05 bits per heavy atom. The minimum absolute atomic E-state index is 0.0845. The summed E-state index contributed by atoms with van der Waals surface area (Å²) >= 11 is 5.94. The molecule has 5 nitrogen and oxygen atoms in total. The van der Waals surface area contributed by atoms with Crippen LogP contribution < -0.4 is 10.1 Å². The molecule has 0 unspecified atom stereocenters. The zero-order valence-corrected chi connectivity index (χ0v) is 12.0. The molecular formula is C15H15ClN2O3. The second kappa shape index (κ2) is 7.61. The fourth-order valence-electron chi connectivity index (χ4n) is 1.66. The summed E-state index contributed by atoms with van der Waals surface area (Å²) in [6, 6.07) is 10.4. The number of halogens is 1. The number of ether oxygens (including phenoxy) is 1. The lowest BCUT2D eigenvalue weighted by Crippen LogP contribution is -2.26. The van der Waals surface area contributed by atoms with Crippen molar-refractivity contribution in [3.63, 3.8) is 0 Å². The molecule has 21 heavy (non-hydrogen) atoms. The van der Waals surface area contributed by atoms with Crippen molar-refractivity contribution in [2.24, 2.45) is 0 Å². The first-order chi connectivity index (χ1) is 10.2. The highest BCUT2D eigenvalue weighted by molar-refractivity contribution is 6.30. The van der Waals surface area contributed by atoms with Crippen LogP contribution in [0.5, 0.6) is 5.75 Å². The smallest absolute Gasteiger partial charge is 0.251 e. The molecule has 110 valence electrons. The molecular weight excluding hydrogens is 292 g/mol. The number of benzene rings is 1. The van der Waals surface area contributed by atoms with Crippen molar-refractivity contribution in [2.75, 3.05) is 13.2 Å². The Morgan fingerprint density at radius 3 is 2.71 bits per heavy atom. The van der Waals surface area contributed by atoms with Gasteiger partial charge >= 0.3 is 0 Å². The quantitative estimate of drug-likeness (QED) is 0.801. The number of pyridine rings is 1. The van der Waals surface area contributed by atoms with Gasteiger partial charge in [0.1, 0.15) is 17.5 Å². The predicted octanol–water partition coefficient (Wildman–Crippen LogP) is 2.04. The lowest BCUT2D eigenvalue weighted by Gasteiger charge is -2.08. The van der Waals surface area contributed by atoms with Crippen molar-refractivity contribution >= 4 is 17.5 Å². The van der Waals surface area contributed by atoms with Gasteiger partial charge < -0.3 is 15.2 Å². The highest BCUT2D eigenvalue weighted by Gasteiger charge is 2.05. The first kappa shape index (κ1) is 15.3. The summed E-state index contributed by atoms with van der Waals surface area (Å²) in [6.45, 7) is 0.456. The molecule has 0 aliphatic carbocycles. The van der Waals surface area contributed by atoms with E-state index in [2.05, 4.69) is 10.3 Å². The van der Waals surface area contributed by atoms with Gasteiger partial charge in [-0.1, -0.05) is 17.7 Å². The maximum absolute atomic E-state index is 11.7. The van der Waals surface area contributed by atoms with Gasteiger partial charge in [-0.2, -0.15) is 0 Å². The van der Waals surface area contributed by atoms with Gasteiger partial charge in [0.15, 0.2) is 0 Å². The highest BCUT2D eigenvalue weighted by Crippen LogP contribution is 2.17. The summed E-state index contributed by atoms with van der Waals surface area (Å²) < 4.78 is 5.59. The predicted molar refractivity (Wildman–Crippen MR) is 79.4 cm³/mol. The topological polar surface area (TPSA) is 71.5 Å². The molecule has 0 spiro atoms. The second-order valence-corrected chi connectivity index (χ2v) is 4.60. The number of aliphatic hydroxyl groups excluding tert-OH is 1. The number of hydrogen-bond acceptors (Lipinski definition) is 4. The number of carbonyl (C=O) groups excluding carboxylic acids is 1. The number of hydrogen-bond donors (Lipinski definition) is 2. The molecule has 0 fully saturated rings. The molecule has 2 aromatic rings. The normalized spacial score (nSPS) is 10.2. The number of nitrogens with zero attached hydrogens (tertiary/aromatic N) is 1. The van der Waals surface area contributed by atoms with Crippen molar-refractivity contribution in [2.45, 2.75) is 6.61 Å². The third-order valence-electron chi connectivity index (χ3n) is 2.74. The largest absolute Gasteiger partial charge is 0.489 e. The first-order valence-corrected chi connectivity index (χ1v) is 6.80. The third-order valence-corrected chi connectivity index (χ3v) is 3.08. The van der Waals surface area contributed by atoms with E-state index in [9.17, 15) is 4.79 Å². The van der Waals surface area contributed by atoms with E-state index >= 15 is 0 Å². The van der Waals surface area contributed by atoms with Crippen LogP contribution in [0.15, 0.2) is 42.6 Å². The van der Waals surface area contributed by atoms with Crippen LogP contribution in [0, 0.1) is 0 Å². The molecule has 0 saturated heterocycles. The van der Waals surface area contributed by atoms with E-state index < -0.39 is 0 Å². The van der Waals surface area contributed by atoms with E-state index in [0.717, 1.165) is 5.56 Å². The highest BCUT2D eigenvalue weighted by atomic mass is 35.5. The molecule has 6 heteroatoms. The lowest BCUT2D eigenvalue weighted by atomic mass is 10.2. The van der Waals surface area contributed by atoms with Gasteiger partial charge in [0.05, 0.1) is 6.61 Å². The molecule has 2 rings (SSSR count). The van der Waals surface area contributed by atoms with Gasteiger partial charge in [0, 0.05) is 23.9 Å². The maximum Gasteiger partial charge on any atom is 0.251 e. The van der Waals surface area contributed by atoms with Crippen LogP contribution in [0.1, 0.15) is 15.9 Å². The number of carbonyl (C=O) groups is 1. The van der Waals surface area contributed by atoms with E-state index in [0.29, 0.717) is 23.1 Å². The molecule has 1 amide bonds. The zero-order chi connectivity index (χ0) is 15.1. The Hall–Kier alpha value is -2.11. The van der Waals surface area contributed by atoms with E-state index in [1.165, 1.54) is 0 Å². The fourth-order valence-corrected chi connectivity index (χ4v) is 1.84. The Balaban J connectivity index is 1.93. The molecule has 0 radical (unpaired) electrons. The number of rotatable bonds is 6. The monoisotopic (exact) mass is 306 g/mol. The fraction of sp³-hybridized carbons (Fsp3) is 0.200. The molecule has 0 atom stereocenters. The number of nitrogens with one attached hydrogen (secondary N) is 1. The van der Waals surface area contributed by atoms with Crippen molar-refractivity contribution in [1.82, 2.24) is 10.3 Å². The zero-order valence-electron chi connectivity index (χ0n) is 11.3. The second-order valence-electron chi connectivity index (χ2n) is 4.25. The standard InChI is InChI=1S/C15H15ClN2O3/c16-14-12(2-1-7-17-14)10-21-13-5-3-11(4-6-13)15(20)18-8-9-19/h1-7,19H,8-10H2,(H,18,20). The summed E-state index contributed by atoms with van der Waals surface area (Å²) in [6.07, 6.45) is 1.62. The van der Waals surface area contributed by atoms with E-state index in [4.69, 9.17) is 21.4 Å². The van der Waals surface area contributed by atoms with Gasteiger partial charge in [0.25, 0.3) is 5.91 Å². The SMILES string of the molecule is O=C(NCCO)c1ccc(OCc2cccnc2Cl)cc1. The van der Waals surface area contributed by atoms with E-state index in [1.807, 2.05) is 6.07 Å². The Morgan fingerprint density at radius 1 is 1.29 bits per heavy atom. The lowest BCUT2D eigenvalue weighted by molar-refractivity contribution is 0.0944. The van der Waals surface area contributed by atoms with Crippen LogP contribution in [0.4, 0.5) is 0 Å². The average molecular weight is 307 g/mol. The van der Waals surface area contributed by atoms with Gasteiger partial charge in [-0.3, -0.25) is 4.79 Å². The van der Waals surface area contributed by atoms with Crippen LogP contribution in [0.2, 0.25) is 5.15 Å². The molecule has 1 aromatic heterocycles. The van der Waals surface area contributed by atoms with Crippen LogP contribution in [0.25, 0.3) is 0 Å². The van der Waals surface area contributed by atoms with Gasteiger partial charge in [-0.05, 0) is 30.3 Å². The van der Waals surface area contributed by atoms with E-state index in [1.54, 1.807) is 36.5 Å². The van der Waals surface area contributed by atoms with Crippen LogP contribution in [-0.2, 0) is 6.61 Å². The van der Waals surface area contributed by atoms with Crippen LogP contribution >= 0.6 is 11.6 Å². The van der Waals surface area contributed by atoms with Crippen molar-refractivity contribution in [3.8, 4) is 5.75 Å².